The summed E-state index contributed by atoms with van der Waals surface area (Å²) in [6, 6.07) is 19.8. The van der Waals surface area contributed by atoms with Crippen LogP contribution in [0.15, 0.2) is 67.0 Å². The van der Waals surface area contributed by atoms with Gasteiger partial charge in [-0.1, -0.05) is 41.9 Å². The first-order valence-electron chi connectivity index (χ1n) is 7.31. The molecule has 5 heteroatoms. The fraction of sp³-hybridized carbons (Fsp3) is 0.111. The first kappa shape index (κ1) is 15.3. The Morgan fingerprint density at radius 1 is 1.00 bits per heavy atom. The van der Waals surface area contributed by atoms with Gasteiger partial charge in [-0.15, -0.1) is 0 Å². The molecular weight excluding hydrogens is 308 g/mol. The minimum Gasteiger partial charge on any atom is -0.366 e. The van der Waals surface area contributed by atoms with Gasteiger partial charge in [0, 0.05) is 30.4 Å². The average molecular weight is 325 g/mol. The first-order valence-corrected chi connectivity index (χ1v) is 7.69. The lowest BCUT2D eigenvalue weighted by Gasteiger charge is -2.18. The van der Waals surface area contributed by atoms with Gasteiger partial charge in [-0.25, -0.2) is 9.97 Å². The molecule has 0 bridgehead atoms. The summed E-state index contributed by atoms with van der Waals surface area (Å²) in [5.41, 5.74) is 2.22. The van der Waals surface area contributed by atoms with Crippen molar-refractivity contribution in [2.75, 3.05) is 17.3 Å². The highest BCUT2D eigenvalue weighted by molar-refractivity contribution is 6.30. The SMILES string of the molecule is CN(c1ccccc1)c1cc(NCc2ccc(Cl)cc2)ncn1. The Labute approximate surface area is 140 Å². The maximum atomic E-state index is 5.90. The van der Waals surface area contributed by atoms with Gasteiger partial charge >= 0.3 is 0 Å². The molecule has 0 radical (unpaired) electrons. The van der Waals surface area contributed by atoms with Gasteiger partial charge in [-0.3, -0.25) is 0 Å². The summed E-state index contributed by atoms with van der Waals surface area (Å²) in [7, 11) is 1.99. The first-order chi connectivity index (χ1) is 11.2. The number of nitrogens with zero attached hydrogens (tertiary/aromatic N) is 3. The van der Waals surface area contributed by atoms with Crippen molar-refractivity contribution in [1.82, 2.24) is 9.97 Å². The topological polar surface area (TPSA) is 41.0 Å². The molecule has 3 aromatic rings. The molecule has 0 aliphatic heterocycles. The number of nitrogens with one attached hydrogen (secondary N) is 1. The maximum Gasteiger partial charge on any atom is 0.138 e. The van der Waals surface area contributed by atoms with E-state index in [1.807, 2.05) is 72.6 Å². The van der Waals surface area contributed by atoms with Crippen molar-refractivity contribution in [1.29, 1.82) is 0 Å². The van der Waals surface area contributed by atoms with E-state index in [4.69, 9.17) is 11.6 Å². The molecule has 0 aliphatic rings. The lowest BCUT2D eigenvalue weighted by molar-refractivity contribution is 1.05. The van der Waals surface area contributed by atoms with E-state index in [1.165, 1.54) is 0 Å². The Kier molecular flexibility index (Phi) is 4.74. The number of aromatic nitrogens is 2. The fourth-order valence-corrected chi connectivity index (χ4v) is 2.33. The zero-order valence-electron chi connectivity index (χ0n) is 12.8. The molecule has 3 rings (SSSR count). The molecule has 0 aliphatic carbocycles. The minimum absolute atomic E-state index is 0.683. The summed E-state index contributed by atoms with van der Waals surface area (Å²) < 4.78 is 0. The number of rotatable bonds is 5. The summed E-state index contributed by atoms with van der Waals surface area (Å²) in [6.45, 7) is 0.683. The second-order valence-corrected chi connectivity index (χ2v) is 5.57. The van der Waals surface area contributed by atoms with Gasteiger partial charge in [-0.2, -0.15) is 0 Å². The van der Waals surface area contributed by atoms with Gasteiger partial charge in [-0.05, 0) is 29.8 Å². The van der Waals surface area contributed by atoms with E-state index in [0.29, 0.717) is 6.54 Å². The molecule has 0 amide bonds. The molecule has 0 spiro atoms. The van der Waals surface area contributed by atoms with Gasteiger partial charge in [0.2, 0.25) is 0 Å². The fourth-order valence-electron chi connectivity index (χ4n) is 2.21. The zero-order valence-corrected chi connectivity index (χ0v) is 13.5. The monoisotopic (exact) mass is 324 g/mol. The van der Waals surface area contributed by atoms with Crippen LogP contribution in [-0.2, 0) is 6.54 Å². The van der Waals surface area contributed by atoms with Crippen LogP contribution < -0.4 is 10.2 Å². The zero-order chi connectivity index (χ0) is 16.1. The Balaban J connectivity index is 1.71. The highest BCUT2D eigenvalue weighted by Crippen LogP contribution is 2.22. The number of para-hydroxylation sites is 1. The average Bonchev–Trinajstić information content (AvgIpc) is 2.61. The summed E-state index contributed by atoms with van der Waals surface area (Å²) >= 11 is 5.90. The van der Waals surface area contributed by atoms with Crippen molar-refractivity contribution in [2.24, 2.45) is 0 Å². The summed E-state index contributed by atoms with van der Waals surface area (Å²) in [4.78, 5) is 10.6. The van der Waals surface area contributed by atoms with Gasteiger partial charge in [0.15, 0.2) is 0 Å². The van der Waals surface area contributed by atoms with E-state index in [-0.39, 0.29) is 0 Å². The van der Waals surface area contributed by atoms with Gasteiger partial charge in [0.05, 0.1) is 0 Å². The number of halogens is 1. The Bertz CT molecular complexity index is 759. The van der Waals surface area contributed by atoms with Crippen molar-refractivity contribution < 1.29 is 0 Å². The molecule has 2 aromatic carbocycles. The van der Waals surface area contributed by atoms with Crippen LogP contribution in [0.3, 0.4) is 0 Å². The van der Waals surface area contributed by atoms with Crippen molar-refractivity contribution >= 4 is 28.9 Å². The van der Waals surface area contributed by atoms with Crippen LogP contribution >= 0.6 is 11.6 Å². The highest BCUT2D eigenvalue weighted by atomic mass is 35.5. The number of hydrogen-bond donors (Lipinski definition) is 1. The lowest BCUT2D eigenvalue weighted by Crippen LogP contribution is -2.12. The van der Waals surface area contributed by atoms with E-state index >= 15 is 0 Å². The molecule has 4 nitrogen and oxygen atoms in total. The molecular formula is C18H17ClN4. The molecule has 0 fully saturated rings. The van der Waals surface area contributed by atoms with E-state index in [1.54, 1.807) is 6.33 Å². The maximum absolute atomic E-state index is 5.90. The van der Waals surface area contributed by atoms with E-state index < -0.39 is 0 Å². The second-order valence-electron chi connectivity index (χ2n) is 5.14. The van der Waals surface area contributed by atoms with Crippen LogP contribution in [0.2, 0.25) is 5.02 Å². The molecule has 0 unspecified atom stereocenters. The van der Waals surface area contributed by atoms with Crippen LogP contribution in [0, 0.1) is 0 Å². The number of anilines is 3. The van der Waals surface area contributed by atoms with Gasteiger partial charge in [0.1, 0.15) is 18.0 Å². The quantitative estimate of drug-likeness (QED) is 0.749. The molecule has 23 heavy (non-hydrogen) atoms. The largest absolute Gasteiger partial charge is 0.366 e. The van der Waals surface area contributed by atoms with Crippen LogP contribution in [0.25, 0.3) is 0 Å². The van der Waals surface area contributed by atoms with Crippen molar-refractivity contribution in [3.8, 4) is 0 Å². The summed E-state index contributed by atoms with van der Waals surface area (Å²) in [6.07, 6.45) is 1.57. The Morgan fingerprint density at radius 3 is 2.48 bits per heavy atom. The molecule has 0 atom stereocenters. The predicted molar refractivity (Wildman–Crippen MR) is 95.3 cm³/mol. The smallest absolute Gasteiger partial charge is 0.138 e. The Hall–Kier alpha value is -2.59. The van der Waals surface area contributed by atoms with Crippen LogP contribution in [0.4, 0.5) is 17.3 Å². The highest BCUT2D eigenvalue weighted by Gasteiger charge is 2.06. The number of hydrogen-bond acceptors (Lipinski definition) is 4. The second kappa shape index (κ2) is 7.11. The standard InChI is InChI=1S/C18H17ClN4/c1-23(16-5-3-2-4-6-16)18-11-17(21-13-22-18)20-12-14-7-9-15(19)10-8-14/h2-11,13H,12H2,1H3,(H,20,21,22). The van der Waals surface area contributed by atoms with Crippen LogP contribution in [-0.4, -0.2) is 17.0 Å². The summed E-state index contributed by atoms with van der Waals surface area (Å²) in [5.74, 6) is 1.62. The van der Waals surface area contributed by atoms with Crippen molar-refractivity contribution in [2.45, 2.75) is 6.54 Å². The van der Waals surface area contributed by atoms with Gasteiger partial charge < -0.3 is 10.2 Å². The number of benzene rings is 2. The van der Waals surface area contributed by atoms with E-state index in [2.05, 4.69) is 15.3 Å². The molecule has 1 aromatic heterocycles. The molecule has 116 valence electrons. The van der Waals surface area contributed by atoms with Crippen molar-refractivity contribution in [3.05, 3.63) is 77.6 Å². The molecule has 1 N–H and O–H groups in total. The van der Waals surface area contributed by atoms with E-state index in [9.17, 15) is 0 Å². The van der Waals surface area contributed by atoms with Crippen molar-refractivity contribution in [3.63, 3.8) is 0 Å². The third-order valence-corrected chi connectivity index (χ3v) is 3.78. The minimum atomic E-state index is 0.683. The third kappa shape index (κ3) is 3.99. The van der Waals surface area contributed by atoms with Crippen LogP contribution in [0.1, 0.15) is 5.56 Å². The third-order valence-electron chi connectivity index (χ3n) is 3.53. The Morgan fingerprint density at radius 2 is 1.74 bits per heavy atom. The van der Waals surface area contributed by atoms with Crippen LogP contribution in [0.5, 0.6) is 0 Å². The lowest BCUT2D eigenvalue weighted by atomic mass is 10.2. The van der Waals surface area contributed by atoms with Gasteiger partial charge in [0.25, 0.3) is 0 Å². The normalized spacial score (nSPS) is 10.3. The molecule has 0 saturated heterocycles. The predicted octanol–water partition coefficient (Wildman–Crippen LogP) is 4.51. The van der Waals surface area contributed by atoms with E-state index in [0.717, 1.165) is 27.9 Å². The molecule has 0 saturated carbocycles. The molecule has 1 heterocycles. The summed E-state index contributed by atoms with van der Waals surface area (Å²) in [5, 5.41) is 4.04.